The van der Waals surface area contributed by atoms with E-state index in [-0.39, 0.29) is 11.5 Å². The summed E-state index contributed by atoms with van der Waals surface area (Å²) in [5.41, 5.74) is 1.20. The molecule has 2 rings (SSSR count). The van der Waals surface area contributed by atoms with E-state index in [2.05, 4.69) is 49.3 Å². The molecule has 1 fully saturated rings. The van der Waals surface area contributed by atoms with E-state index in [4.69, 9.17) is 5.26 Å². The molecule has 0 aromatic heterocycles. The van der Waals surface area contributed by atoms with Crippen LogP contribution in [0.2, 0.25) is 0 Å². The third-order valence-electron chi connectivity index (χ3n) is 4.60. The van der Waals surface area contributed by atoms with Crippen molar-refractivity contribution in [3.63, 3.8) is 0 Å². The van der Waals surface area contributed by atoms with E-state index in [0.29, 0.717) is 25.0 Å². The molecule has 106 valence electrons. The van der Waals surface area contributed by atoms with Crippen molar-refractivity contribution in [3.05, 3.63) is 35.9 Å². The minimum Gasteiger partial charge on any atom is -0.300 e. The van der Waals surface area contributed by atoms with Gasteiger partial charge >= 0.3 is 0 Å². The summed E-state index contributed by atoms with van der Waals surface area (Å²) in [5, 5.41) is 8.77. The average molecular weight is 270 g/mol. The summed E-state index contributed by atoms with van der Waals surface area (Å²) >= 11 is 0. The van der Waals surface area contributed by atoms with Crippen LogP contribution in [0.3, 0.4) is 0 Å². The molecule has 0 spiro atoms. The Morgan fingerprint density at radius 1 is 1.35 bits per heavy atom. The van der Waals surface area contributed by atoms with Crippen LogP contribution < -0.4 is 0 Å². The van der Waals surface area contributed by atoms with E-state index in [1.165, 1.54) is 5.56 Å². The Hall–Kier alpha value is -1.66. The molecule has 3 nitrogen and oxygen atoms in total. The zero-order valence-corrected chi connectivity index (χ0v) is 12.3. The zero-order valence-electron chi connectivity index (χ0n) is 12.3. The predicted molar refractivity (Wildman–Crippen MR) is 79.0 cm³/mol. The number of nitriles is 1. The maximum absolute atomic E-state index is 12.1. The maximum Gasteiger partial charge on any atom is 0.136 e. The third-order valence-corrected chi connectivity index (χ3v) is 4.60. The van der Waals surface area contributed by atoms with Gasteiger partial charge < -0.3 is 0 Å². The first-order valence-corrected chi connectivity index (χ1v) is 7.23. The molecule has 0 amide bonds. The SMILES string of the molecule is CN(C)C1(c2ccccc2)CCC(=O)C(CCC#N)C1. The minimum absolute atomic E-state index is 0.0195. The van der Waals surface area contributed by atoms with Gasteiger partial charge in [0.2, 0.25) is 0 Å². The van der Waals surface area contributed by atoms with Crippen LogP contribution in [-0.2, 0) is 10.3 Å². The third kappa shape index (κ3) is 2.76. The van der Waals surface area contributed by atoms with Crippen molar-refractivity contribution >= 4 is 5.78 Å². The second kappa shape index (κ2) is 6.19. The zero-order chi connectivity index (χ0) is 14.6. The Labute approximate surface area is 121 Å². The van der Waals surface area contributed by atoms with Gasteiger partial charge in [0.15, 0.2) is 0 Å². The number of hydrogen-bond acceptors (Lipinski definition) is 3. The molecule has 0 radical (unpaired) electrons. The summed E-state index contributed by atoms with van der Waals surface area (Å²) < 4.78 is 0. The Balaban J connectivity index is 2.30. The lowest BCUT2D eigenvalue weighted by Gasteiger charge is -2.45. The topological polar surface area (TPSA) is 44.1 Å². The highest BCUT2D eigenvalue weighted by molar-refractivity contribution is 5.82. The van der Waals surface area contributed by atoms with Crippen LogP contribution in [0.1, 0.15) is 37.7 Å². The van der Waals surface area contributed by atoms with E-state index >= 15 is 0 Å². The van der Waals surface area contributed by atoms with Crippen LogP contribution in [0.5, 0.6) is 0 Å². The molecule has 0 bridgehead atoms. The van der Waals surface area contributed by atoms with Gasteiger partial charge in [0.05, 0.1) is 6.07 Å². The summed E-state index contributed by atoms with van der Waals surface area (Å²) in [6, 6.07) is 12.6. The number of benzene rings is 1. The van der Waals surface area contributed by atoms with Crippen molar-refractivity contribution in [2.75, 3.05) is 14.1 Å². The fraction of sp³-hybridized carbons (Fsp3) is 0.529. The molecule has 2 atom stereocenters. The molecular weight excluding hydrogens is 248 g/mol. The lowest BCUT2D eigenvalue weighted by Crippen LogP contribution is -2.47. The van der Waals surface area contributed by atoms with Gasteiger partial charge in [0.1, 0.15) is 5.78 Å². The highest BCUT2D eigenvalue weighted by atomic mass is 16.1. The van der Waals surface area contributed by atoms with Crippen molar-refractivity contribution in [1.82, 2.24) is 4.90 Å². The van der Waals surface area contributed by atoms with Crippen LogP contribution in [0, 0.1) is 17.2 Å². The van der Waals surface area contributed by atoms with Crippen molar-refractivity contribution in [2.24, 2.45) is 5.92 Å². The number of rotatable bonds is 4. The lowest BCUT2D eigenvalue weighted by atomic mass is 9.69. The second-order valence-corrected chi connectivity index (χ2v) is 5.86. The molecule has 1 saturated carbocycles. The fourth-order valence-corrected chi connectivity index (χ4v) is 3.33. The molecule has 2 unspecified atom stereocenters. The maximum atomic E-state index is 12.1. The van der Waals surface area contributed by atoms with E-state index in [9.17, 15) is 4.79 Å². The van der Waals surface area contributed by atoms with E-state index in [0.717, 1.165) is 12.8 Å². The Morgan fingerprint density at radius 3 is 2.65 bits per heavy atom. The predicted octanol–water partition coefficient (Wildman–Crippen LogP) is 3.12. The molecule has 20 heavy (non-hydrogen) atoms. The smallest absolute Gasteiger partial charge is 0.136 e. The molecule has 1 aromatic carbocycles. The normalized spacial score (nSPS) is 26.5. The molecule has 0 aliphatic heterocycles. The van der Waals surface area contributed by atoms with Crippen LogP contribution in [0.15, 0.2) is 30.3 Å². The molecular formula is C17H22N2O. The summed E-state index contributed by atoms with van der Waals surface area (Å²) in [6.07, 6.45) is 3.46. The molecule has 1 aromatic rings. The largest absolute Gasteiger partial charge is 0.300 e. The Kier molecular flexibility index (Phi) is 4.57. The van der Waals surface area contributed by atoms with Crippen molar-refractivity contribution in [2.45, 2.75) is 37.6 Å². The molecule has 0 N–H and O–H groups in total. The monoisotopic (exact) mass is 270 g/mol. The summed E-state index contributed by atoms with van der Waals surface area (Å²) in [5.74, 6) is 0.347. The number of hydrogen-bond donors (Lipinski definition) is 0. The van der Waals surface area contributed by atoms with Crippen LogP contribution in [0.4, 0.5) is 0 Å². The van der Waals surface area contributed by atoms with Gasteiger partial charge in [-0.1, -0.05) is 30.3 Å². The summed E-state index contributed by atoms with van der Waals surface area (Å²) in [4.78, 5) is 14.4. The van der Waals surface area contributed by atoms with Gasteiger partial charge in [-0.2, -0.15) is 5.26 Å². The molecule has 3 heteroatoms. The van der Waals surface area contributed by atoms with Crippen LogP contribution >= 0.6 is 0 Å². The first kappa shape index (κ1) is 14.7. The minimum atomic E-state index is -0.0741. The molecule has 1 aliphatic rings. The number of carbonyl (C=O) groups excluding carboxylic acids is 1. The molecule has 1 aliphatic carbocycles. The number of carbonyl (C=O) groups is 1. The number of nitrogens with zero attached hydrogens (tertiary/aromatic N) is 2. The fourth-order valence-electron chi connectivity index (χ4n) is 3.33. The Morgan fingerprint density at radius 2 is 2.05 bits per heavy atom. The van der Waals surface area contributed by atoms with Gasteiger partial charge in [0.25, 0.3) is 0 Å². The van der Waals surface area contributed by atoms with Gasteiger partial charge in [-0.05, 0) is 38.9 Å². The quantitative estimate of drug-likeness (QED) is 0.844. The van der Waals surface area contributed by atoms with Crippen LogP contribution in [-0.4, -0.2) is 24.8 Å². The first-order chi connectivity index (χ1) is 9.60. The highest BCUT2D eigenvalue weighted by Gasteiger charge is 2.42. The number of Topliss-reactive ketones (excluding diaryl/α,β-unsaturated/α-hetero) is 1. The highest BCUT2D eigenvalue weighted by Crippen LogP contribution is 2.43. The van der Waals surface area contributed by atoms with Crippen molar-refractivity contribution < 1.29 is 4.79 Å². The number of ketones is 1. The van der Waals surface area contributed by atoms with Crippen molar-refractivity contribution in [3.8, 4) is 6.07 Å². The van der Waals surface area contributed by atoms with Gasteiger partial charge in [-0.25, -0.2) is 0 Å². The molecule has 0 saturated heterocycles. The van der Waals surface area contributed by atoms with E-state index in [1.807, 2.05) is 6.07 Å². The van der Waals surface area contributed by atoms with E-state index in [1.54, 1.807) is 0 Å². The summed E-state index contributed by atoms with van der Waals surface area (Å²) in [6.45, 7) is 0. The standard InChI is InChI=1S/C17H22N2O/c1-19(2)17(15-8-4-3-5-9-15)11-10-16(20)14(13-17)7-6-12-18/h3-5,8-9,14H,6-7,10-11,13H2,1-2H3. The molecule has 0 heterocycles. The van der Waals surface area contributed by atoms with Gasteiger partial charge in [-0.3, -0.25) is 9.69 Å². The van der Waals surface area contributed by atoms with Gasteiger partial charge in [-0.15, -0.1) is 0 Å². The van der Waals surface area contributed by atoms with Gasteiger partial charge in [0, 0.05) is 24.3 Å². The van der Waals surface area contributed by atoms with Crippen LogP contribution in [0.25, 0.3) is 0 Å². The summed E-state index contributed by atoms with van der Waals surface area (Å²) in [7, 11) is 4.17. The first-order valence-electron chi connectivity index (χ1n) is 7.23. The van der Waals surface area contributed by atoms with E-state index < -0.39 is 0 Å². The second-order valence-electron chi connectivity index (χ2n) is 5.86. The lowest BCUT2D eigenvalue weighted by molar-refractivity contribution is -0.128. The Bertz CT molecular complexity index is 503. The average Bonchev–Trinajstić information content (AvgIpc) is 2.47. The van der Waals surface area contributed by atoms with Crippen molar-refractivity contribution in [1.29, 1.82) is 5.26 Å².